The van der Waals surface area contributed by atoms with Gasteiger partial charge in [0.2, 0.25) is 6.23 Å². The van der Waals surface area contributed by atoms with Crippen molar-refractivity contribution in [2.75, 3.05) is 6.61 Å². The quantitative estimate of drug-likeness (QED) is 0.577. The van der Waals surface area contributed by atoms with E-state index in [1.165, 1.54) is 0 Å². The van der Waals surface area contributed by atoms with E-state index < -0.39 is 0 Å². The predicted octanol–water partition coefficient (Wildman–Crippen LogP) is 5.75. The molecule has 0 saturated heterocycles. The van der Waals surface area contributed by atoms with Crippen LogP contribution in [-0.4, -0.2) is 22.4 Å². The molecule has 148 valence electrons. The molecule has 0 bridgehead atoms. The van der Waals surface area contributed by atoms with Gasteiger partial charge in [-0.25, -0.2) is 5.01 Å². The molecule has 1 aromatic heterocycles. The van der Waals surface area contributed by atoms with Crippen LogP contribution in [0.25, 0.3) is 0 Å². The number of rotatable bonds is 4. The summed E-state index contributed by atoms with van der Waals surface area (Å²) in [6.45, 7) is 2.53. The normalized spacial score (nSPS) is 19.9. The Balaban J connectivity index is 1.62. The van der Waals surface area contributed by atoms with Gasteiger partial charge in [-0.1, -0.05) is 23.7 Å². The Morgan fingerprint density at radius 2 is 2.21 bits per heavy atom. The first-order valence-corrected chi connectivity index (χ1v) is 10.8. The van der Waals surface area contributed by atoms with Crippen molar-refractivity contribution in [3.05, 3.63) is 74.9 Å². The molecule has 2 atom stereocenters. The molecule has 7 heteroatoms. The first-order chi connectivity index (χ1) is 14.2. The lowest BCUT2D eigenvalue weighted by molar-refractivity contribution is -0.0209. The van der Waals surface area contributed by atoms with Gasteiger partial charge in [-0.05, 0) is 48.0 Å². The number of thiophene rings is 1. The summed E-state index contributed by atoms with van der Waals surface area (Å²) < 4.78 is 12.3. The zero-order chi connectivity index (χ0) is 20.0. The Morgan fingerprint density at radius 3 is 3.00 bits per heavy atom. The first-order valence-electron chi connectivity index (χ1n) is 9.45. The minimum Gasteiger partial charge on any atom is -0.507 e. The summed E-state index contributed by atoms with van der Waals surface area (Å²) in [5, 5.41) is 21.9. The van der Waals surface area contributed by atoms with Crippen LogP contribution in [0.5, 0.6) is 17.2 Å². The van der Waals surface area contributed by atoms with E-state index in [2.05, 4.69) is 11.4 Å². The second-order valence-electron chi connectivity index (χ2n) is 6.94. The molecule has 0 amide bonds. The number of fused-ring (bicyclic) bond motifs is 3. The number of para-hydroxylation sites is 1. The Kier molecular flexibility index (Phi) is 4.60. The largest absolute Gasteiger partial charge is 0.507 e. The van der Waals surface area contributed by atoms with Gasteiger partial charge in [-0.3, -0.25) is 0 Å². The highest BCUT2D eigenvalue weighted by atomic mass is 35.5. The van der Waals surface area contributed by atoms with Gasteiger partial charge in [0.05, 0.1) is 18.4 Å². The molecule has 0 spiro atoms. The molecule has 2 aliphatic heterocycles. The fourth-order valence-corrected chi connectivity index (χ4v) is 4.73. The molecule has 0 radical (unpaired) electrons. The smallest absolute Gasteiger partial charge is 0.214 e. The zero-order valence-electron chi connectivity index (χ0n) is 15.7. The Morgan fingerprint density at radius 1 is 1.31 bits per heavy atom. The molecule has 3 aromatic rings. The number of phenols is 1. The highest BCUT2D eigenvalue weighted by Crippen LogP contribution is 2.51. The number of aromatic hydroxyl groups is 1. The van der Waals surface area contributed by atoms with Gasteiger partial charge >= 0.3 is 0 Å². The standard InChI is InChI=1S/C22H19ClN2O3S/c1-2-27-20-5-3-4-15-18-11-17(16-10-14(23)6-7-19(16)26)24-25(18)22(28-21(15)20)13-8-9-29-12-13/h3-10,12,18,22,26H,2,11H2,1H3/t18-,22+/m1/s1. The number of hydrazone groups is 1. The Labute approximate surface area is 177 Å². The van der Waals surface area contributed by atoms with Gasteiger partial charge in [0.1, 0.15) is 5.75 Å². The van der Waals surface area contributed by atoms with E-state index in [0.29, 0.717) is 23.6 Å². The van der Waals surface area contributed by atoms with Gasteiger partial charge in [0.25, 0.3) is 0 Å². The van der Waals surface area contributed by atoms with Crippen molar-refractivity contribution < 1.29 is 14.6 Å². The number of hydrogen-bond donors (Lipinski definition) is 1. The van der Waals surface area contributed by atoms with Crippen molar-refractivity contribution in [2.45, 2.75) is 25.6 Å². The van der Waals surface area contributed by atoms with Crippen molar-refractivity contribution >= 4 is 28.6 Å². The second-order valence-corrected chi connectivity index (χ2v) is 8.16. The van der Waals surface area contributed by atoms with E-state index >= 15 is 0 Å². The molecule has 5 nitrogen and oxygen atoms in total. The summed E-state index contributed by atoms with van der Waals surface area (Å²) in [6, 6.07) is 13.0. The first kappa shape index (κ1) is 18.3. The minimum atomic E-state index is -0.362. The molecule has 0 saturated carbocycles. The van der Waals surface area contributed by atoms with E-state index in [9.17, 15) is 5.11 Å². The molecule has 29 heavy (non-hydrogen) atoms. The maximum Gasteiger partial charge on any atom is 0.214 e. The molecule has 2 aliphatic rings. The average Bonchev–Trinajstić information content (AvgIpc) is 3.40. The van der Waals surface area contributed by atoms with Crippen LogP contribution < -0.4 is 9.47 Å². The molecule has 3 heterocycles. The van der Waals surface area contributed by atoms with E-state index in [-0.39, 0.29) is 18.0 Å². The number of nitrogens with zero attached hydrogens (tertiary/aromatic N) is 2. The van der Waals surface area contributed by atoms with Gasteiger partial charge in [-0.2, -0.15) is 16.4 Å². The van der Waals surface area contributed by atoms with Crippen molar-refractivity contribution in [2.24, 2.45) is 5.10 Å². The number of hydrogen-bond acceptors (Lipinski definition) is 6. The van der Waals surface area contributed by atoms with Crippen molar-refractivity contribution in [3.8, 4) is 17.2 Å². The van der Waals surface area contributed by atoms with Gasteiger partial charge < -0.3 is 14.6 Å². The summed E-state index contributed by atoms with van der Waals surface area (Å²) in [6.07, 6.45) is 0.277. The van der Waals surface area contributed by atoms with Crippen molar-refractivity contribution in [1.82, 2.24) is 5.01 Å². The predicted molar refractivity (Wildman–Crippen MR) is 114 cm³/mol. The molecule has 0 fully saturated rings. The van der Waals surface area contributed by atoms with Crippen LogP contribution in [0, 0.1) is 0 Å². The third kappa shape index (κ3) is 3.12. The summed E-state index contributed by atoms with van der Waals surface area (Å²) in [7, 11) is 0. The van der Waals surface area contributed by atoms with Crippen LogP contribution in [0.2, 0.25) is 5.02 Å². The van der Waals surface area contributed by atoms with E-state index in [1.807, 2.05) is 35.5 Å². The summed E-state index contributed by atoms with van der Waals surface area (Å²) in [4.78, 5) is 0. The number of halogens is 1. The maximum absolute atomic E-state index is 10.4. The fraction of sp³-hybridized carbons (Fsp3) is 0.227. The van der Waals surface area contributed by atoms with Crippen LogP contribution in [0.15, 0.2) is 58.3 Å². The van der Waals surface area contributed by atoms with E-state index in [1.54, 1.807) is 29.5 Å². The second kappa shape index (κ2) is 7.28. The summed E-state index contributed by atoms with van der Waals surface area (Å²) in [5.74, 6) is 1.67. The Hall–Kier alpha value is -2.70. The zero-order valence-corrected chi connectivity index (χ0v) is 17.3. The van der Waals surface area contributed by atoms with Crippen LogP contribution >= 0.6 is 22.9 Å². The lowest BCUT2D eigenvalue weighted by Gasteiger charge is -2.38. The van der Waals surface area contributed by atoms with Crippen LogP contribution in [0.1, 0.15) is 42.3 Å². The maximum atomic E-state index is 10.4. The lowest BCUT2D eigenvalue weighted by atomic mass is 9.95. The number of ether oxygens (including phenoxy) is 2. The summed E-state index contributed by atoms with van der Waals surface area (Å²) in [5.41, 5.74) is 3.51. The molecular weight excluding hydrogens is 408 g/mol. The molecule has 1 N–H and O–H groups in total. The summed E-state index contributed by atoms with van der Waals surface area (Å²) >= 11 is 7.80. The SMILES string of the molecule is CCOc1cccc2c1O[C@@H](c1ccsc1)N1N=C(c3cc(Cl)ccc3O)C[C@H]21. The highest BCUT2D eigenvalue weighted by Gasteiger charge is 2.42. The van der Waals surface area contributed by atoms with Gasteiger partial charge in [0.15, 0.2) is 11.5 Å². The molecular formula is C22H19ClN2O3S. The lowest BCUT2D eigenvalue weighted by Crippen LogP contribution is -2.33. The number of phenolic OH excluding ortho intramolecular Hbond substituents is 1. The fourth-order valence-electron chi connectivity index (χ4n) is 3.89. The Bertz CT molecular complexity index is 1080. The third-order valence-corrected chi connectivity index (χ3v) is 6.11. The van der Waals surface area contributed by atoms with Crippen molar-refractivity contribution in [3.63, 3.8) is 0 Å². The monoisotopic (exact) mass is 426 g/mol. The topological polar surface area (TPSA) is 54.3 Å². The minimum absolute atomic E-state index is 0.0163. The molecule has 0 aliphatic carbocycles. The van der Waals surface area contributed by atoms with Crippen LogP contribution in [0.4, 0.5) is 0 Å². The van der Waals surface area contributed by atoms with Gasteiger partial charge in [0, 0.05) is 28.1 Å². The molecule has 5 rings (SSSR count). The molecule has 2 aromatic carbocycles. The van der Waals surface area contributed by atoms with E-state index in [0.717, 1.165) is 28.3 Å². The van der Waals surface area contributed by atoms with Gasteiger partial charge in [-0.15, -0.1) is 0 Å². The van der Waals surface area contributed by atoms with Crippen LogP contribution in [-0.2, 0) is 0 Å². The average molecular weight is 427 g/mol. The van der Waals surface area contributed by atoms with E-state index in [4.69, 9.17) is 26.2 Å². The third-order valence-electron chi connectivity index (χ3n) is 5.18. The number of benzene rings is 2. The van der Waals surface area contributed by atoms with Crippen LogP contribution in [0.3, 0.4) is 0 Å². The molecule has 0 unspecified atom stereocenters. The highest BCUT2D eigenvalue weighted by molar-refractivity contribution is 7.07. The van der Waals surface area contributed by atoms with Crippen molar-refractivity contribution in [1.29, 1.82) is 0 Å².